The molecule has 0 radical (unpaired) electrons. The van der Waals surface area contributed by atoms with Gasteiger partial charge in [0.05, 0.1) is 11.2 Å². The number of benzene rings is 1. The Bertz CT molecular complexity index is 520. The van der Waals surface area contributed by atoms with Gasteiger partial charge in [-0.15, -0.1) is 0 Å². The van der Waals surface area contributed by atoms with Crippen molar-refractivity contribution in [1.82, 2.24) is 4.90 Å². The van der Waals surface area contributed by atoms with Gasteiger partial charge < -0.3 is 15.0 Å². The molecule has 0 aliphatic carbocycles. The molecular weight excluding hydrogens is 287 g/mol. The van der Waals surface area contributed by atoms with Crippen molar-refractivity contribution in [2.75, 3.05) is 13.1 Å². The van der Waals surface area contributed by atoms with Crippen molar-refractivity contribution >= 4 is 12.6 Å². The van der Waals surface area contributed by atoms with Crippen LogP contribution in [-0.2, 0) is 15.9 Å². The molecule has 0 atom stereocenters. The van der Waals surface area contributed by atoms with Gasteiger partial charge in [0, 0.05) is 12.6 Å². The third-order valence-electron chi connectivity index (χ3n) is 5.54. The summed E-state index contributed by atoms with van der Waals surface area (Å²) in [6.45, 7) is 11.5. The summed E-state index contributed by atoms with van der Waals surface area (Å²) in [6.07, 6.45) is 2.21. The predicted octanol–water partition coefficient (Wildman–Crippen LogP) is 1.91. The zero-order valence-electron chi connectivity index (χ0n) is 14.8. The zero-order valence-corrected chi connectivity index (χ0v) is 14.8. The van der Waals surface area contributed by atoms with Crippen LogP contribution in [0.3, 0.4) is 0 Å². The molecule has 0 aromatic heterocycles. The SMILES string of the molecule is CC1(C)OB(c2ccc(CN3CCC(N)CC3)cc2)OC1(C)C. The van der Waals surface area contributed by atoms with Gasteiger partial charge in [0.15, 0.2) is 0 Å². The van der Waals surface area contributed by atoms with Gasteiger partial charge in [-0.05, 0) is 64.7 Å². The number of rotatable bonds is 3. The second-order valence-corrected chi connectivity index (χ2v) is 7.94. The molecule has 3 rings (SSSR count). The van der Waals surface area contributed by atoms with Gasteiger partial charge in [0.25, 0.3) is 0 Å². The average molecular weight is 316 g/mol. The monoisotopic (exact) mass is 316 g/mol. The van der Waals surface area contributed by atoms with E-state index in [1.165, 1.54) is 5.56 Å². The van der Waals surface area contributed by atoms with Crippen molar-refractivity contribution in [3.8, 4) is 0 Å². The molecule has 2 aliphatic heterocycles. The average Bonchev–Trinajstić information content (AvgIpc) is 2.71. The molecule has 2 heterocycles. The largest absolute Gasteiger partial charge is 0.494 e. The van der Waals surface area contributed by atoms with E-state index in [2.05, 4.69) is 56.9 Å². The summed E-state index contributed by atoms with van der Waals surface area (Å²) in [4.78, 5) is 2.48. The first-order valence-electron chi connectivity index (χ1n) is 8.69. The van der Waals surface area contributed by atoms with E-state index >= 15 is 0 Å². The lowest BCUT2D eigenvalue weighted by molar-refractivity contribution is 0.00578. The van der Waals surface area contributed by atoms with Crippen LogP contribution >= 0.6 is 0 Å². The molecule has 0 unspecified atom stereocenters. The Labute approximate surface area is 140 Å². The summed E-state index contributed by atoms with van der Waals surface area (Å²) < 4.78 is 12.2. The Morgan fingerprint density at radius 3 is 2.09 bits per heavy atom. The van der Waals surface area contributed by atoms with E-state index in [-0.39, 0.29) is 18.3 Å². The quantitative estimate of drug-likeness (QED) is 0.866. The van der Waals surface area contributed by atoms with Crippen molar-refractivity contribution in [3.05, 3.63) is 29.8 Å². The molecule has 2 aliphatic rings. The first-order chi connectivity index (χ1) is 10.8. The molecule has 4 nitrogen and oxygen atoms in total. The van der Waals surface area contributed by atoms with E-state index in [9.17, 15) is 0 Å². The molecule has 23 heavy (non-hydrogen) atoms. The fraction of sp³-hybridized carbons (Fsp3) is 0.667. The second-order valence-electron chi connectivity index (χ2n) is 7.94. The van der Waals surface area contributed by atoms with E-state index in [0.29, 0.717) is 6.04 Å². The van der Waals surface area contributed by atoms with Crippen molar-refractivity contribution in [2.24, 2.45) is 5.73 Å². The van der Waals surface area contributed by atoms with Crippen LogP contribution in [0.1, 0.15) is 46.1 Å². The third kappa shape index (κ3) is 3.63. The molecule has 0 spiro atoms. The Morgan fingerprint density at radius 1 is 1.04 bits per heavy atom. The standard InChI is InChI=1S/C18H29BN2O2/c1-17(2)18(3,4)23-19(22-17)15-7-5-14(6-8-15)13-21-11-9-16(20)10-12-21/h5-8,16H,9-13,20H2,1-4H3. The molecule has 1 aromatic carbocycles. The molecule has 0 bridgehead atoms. The highest BCUT2D eigenvalue weighted by atomic mass is 16.7. The van der Waals surface area contributed by atoms with Crippen molar-refractivity contribution < 1.29 is 9.31 Å². The molecule has 2 fully saturated rings. The fourth-order valence-corrected chi connectivity index (χ4v) is 3.13. The van der Waals surface area contributed by atoms with Gasteiger partial charge in [0.2, 0.25) is 0 Å². The van der Waals surface area contributed by atoms with E-state index in [0.717, 1.165) is 37.9 Å². The maximum atomic E-state index is 6.11. The summed E-state index contributed by atoms with van der Waals surface area (Å²) in [5.41, 5.74) is 7.82. The second kappa shape index (κ2) is 6.21. The molecular formula is C18H29BN2O2. The molecule has 1 aromatic rings. The van der Waals surface area contributed by atoms with Gasteiger partial charge in [-0.1, -0.05) is 24.3 Å². The number of hydrogen-bond acceptors (Lipinski definition) is 4. The minimum absolute atomic E-state index is 0.276. The Morgan fingerprint density at radius 2 is 1.57 bits per heavy atom. The van der Waals surface area contributed by atoms with Gasteiger partial charge in [-0.3, -0.25) is 4.90 Å². The molecule has 0 saturated carbocycles. The van der Waals surface area contributed by atoms with E-state index in [1.54, 1.807) is 0 Å². The van der Waals surface area contributed by atoms with Crippen molar-refractivity contribution in [1.29, 1.82) is 0 Å². The van der Waals surface area contributed by atoms with E-state index in [4.69, 9.17) is 15.0 Å². The van der Waals surface area contributed by atoms with Crippen LogP contribution in [-0.4, -0.2) is 42.4 Å². The third-order valence-corrected chi connectivity index (χ3v) is 5.54. The molecule has 2 N–H and O–H groups in total. The maximum Gasteiger partial charge on any atom is 0.494 e. The topological polar surface area (TPSA) is 47.7 Å². The minimum atomic E-state index is -0.289. The van der Waals surface area contributed by atoms with Crippen LogP contribution in [0.2, 0.25) is 0 Å². The fourth-order valence-electron chi connectivity index (χ4n) is 3.13. The zero-order chi connectivity index (χ0) is 16.7. The summed E-state index contributed by atoms with van der Waals surface area (Å²) in [6, 6.07) is 9.03. The summed E-state index contributed by atoms with van der Waals surface area (Å²) in [5, 5.41) is 0. The molecule has 126 valence electrons. The van der Waals surface area contributed by atoms with Crippen molar-refractivity contribution in [2.45, 2.75) is 64.3 Å². The molecule has 0 amide bonds. The number of nitrogens with zero attached hydrogens (tertiary/aromatic N) is 1. The van der Waals surface area contributed by atoms with Crippen LogP contribution in [0, 0.1) is 0 Å². The first kappa shape index (κ1) is 17.0. The first-order valence-corrected chi connectivity index (χ1v) is 8.69. The van der Waals surface area contributed by atoms with Gasteiger partial charge >= 0.3 is 7.12 Å². The van der Waals surface area contributed by atoms with Crippen LogP contribution < -0.4 is 11.2 Å². The number of piperidine rings is 1. The molecule has 2 saturated heterocycles. The van der Waals surface area contributed by atoms with Crippen LogP contribution in [0.4, 0.5) is 0 Å². The number of likely N-dealkylation sites (tertiary alicyclic amines) is 1. The van der Waals surface area contributed by atoms with E-state index < -0.39 is 0 Å². The van der Waals surface area contributed by atoms with Crippen LogP contribution in [0.15, 0.2) is 24.3 Å². The highest BCUT2D eigenvalue weighted by Crippen LogP contribution is 2.36. The molecule has 5 heteroatoms. The number of nitrogens with two attached hydrogens (primary N) is 1. The van der Waals surface area contributed by atoms with Gasteiger partial charge in [0.1, 0.15) is 0 Å². The summed E-state index contributed by atoms with van der Waals surface area (Å²) >= 11 is 0. The van der Waals surface area contributed by atoms with E-state index in [1.807, 2.05) is 0 Å². The van der Waals surface area contributed by atoms with Gasteiger partial charge in [-0.25, -0.2) is 0 Å². The lowest BCUT2D eigenvalue weighted by atomic mass is 9.79. The highest BCUT2D eigenvalue weighted by Gasteiger charge is 2.51. The Balaban J connectivity index is 1.62. The Kier molecular flexibility index (Phi) is 4.58. The smallest absolute Gasteiger partial charge is 0.399 e. The summed E-state index contributed by atoms with van der Waals surface area (Å²) in [7, 11) is -0.276. The minimum Gasteiger partial charge on any atom is -0.399 e. The lowest BCUT2D eigenvalue weighted by Crippen LogP contribution is -2.41. The van der Waals surface area contributed by atoms with Crippen LogP contribution in [0.5, 0.6) is 0 Å². The maximum absolute atomic E-state index is 6.11. The Hall–Kier alpha value is -0.875. The summed E-state index contributed by atoms with van der Waals surface area (Å²) in [5.74, 6) is 0. The predicted molar refractivity (Wildman–Crippen MR) is 94.6 cm³/mol. The van der Waals surface area contributed by atoms with Crippen LogP contribution in [0.25, 0.3) is 0 Å². The van der Waals surface area contributed by atoms with Gasteiger partial charge in [-0.2, -0.15) is 0 Å². The number of hydrogen-bond donors (Lipinski definition) is 1. The van der Waals surface area contributed by atoms with Crippen molar-refractivity contribution in [3.63, 3.8) is 0 Å². The lowest BCUT2D eigenvalue weighted by Gasteiger charge is -2.32. The highest BCUT2D eigenvalue weighted by molar-refractivity contribution is 6.62. The normalized spacial score (nSPS) is 25.0.